The van der Waals surface area contributed by atoms with E-state index in [4.69, 9.17) is 11.6 Å². The summed E-state index contributed by atoms with van der Waals surface area (Å²) in [6.07, 6.45) is 0.863. The second-order valence-corrected chi connectivity index (χ2v) is 8.12. The Balaban J connectivity index is 1.42. The molecule has 1 aromatic carbocycles. The fraction of sp³-hybridized carbons (Fsp3) is 0.316. The van der Waals surface area contributed by atoms with Crippen LogP contribution in [0.25, 0.3) is 0 Å². The minimum Gasteiger partial charge on any atom is -0.308 e. The summed E-state index contributed by atoms with van der Waals surface area (Å²) >= 11 is 9.10. The molecule has 1 saturated carbocycles. The Morgan fingerprint density at radius 1 is 1.24 bits per heavy atom. The van der Waals surface area contributed by atoms with Gasteiger partial charge in [0.2, 0.25) is 5.91 Å². The Morgan fingerprint density at radius 3 is 2.62 bits per heavy atom. The molecule has 1 aliphatic carbocycles. The first kappa shape index (κ1) is 20.0. The molecule has 2 aromatic heterocycles. The van der Waals surface area contributed by atoms with Crippen molar-refractivity contribution in [3.05, 3.63) is 63.0 Å². The Kier molecular flexibility index (Phi) is 5.69. The van der Waals surface area contributed by atoms with Crippen LogP contribution in [0.3, 0.4) is 0 Å². The van der Waals surface area contributed by atoms with Crippen LogP contribution in [0.4, 0.5) is 14.6 Å². The molecule has 1 fully saturated rings. The van der Waals surface area contributed by atoms with Gasteiger partial charge in [-0.25, -0.2) is 8.78 Å². The van der Waals surface area contributed by atoms with Crippen molar-refractivity contribution in [3.63, 3.8) is 0 Å². The molecule has 0 aliphatic heterocycles. The van der Waals surface area contributed by atoms with Crippen molar-refractivity contribution in [1.29, 1.82) is 0 Å². The normalized spacial score (nSPS) is 13.8. The second kappa shape index (κ2) is 8.23. The minimum absolute atomic E-state index is 0.152. The number of nitrogens with one attached hydrogen (secondary N) is 1. The lowest BCUT2D eigenvalue weighted by Gasteiger charge is -2.07. The van der Waals surface area contributed by atoms with Crippen LogP contribution in [-0.4, -0.2) is 25.5 Å². The maximum atomic E-state index is 13.2. The molecule has 152 valence electrons. The summed E-state index contributed by atoms with van der Waals surface area (Å²) in [4.78, 5) is 12.4. The topological polar surface area (TPSA) is 64.7 Å². The molecule has 0 atom stereocenters. The van der Waals surface area contributed by atoms with E-state index in [1.54, 1.807) is 29.1 Å². The molecule has 2 heterocycles. The van der Waals surface area contributed by atoms with E-state index in [2.05, 4.69) is 31.4 Å². The summed E-state index contributed by atoms with van der Waals surface area (Å²) in [6.45, 7) is 0.379. The van der Waals surface area contributed by atoms with Crippen LogP contribution in [0.15, 0.2) is 41.0 Å². The zero-order valence-corrected chi connectivity index (χ0v) is 17.5. The van der Waals surface area contributed by atoms with Crippen molar-refractivity contribution in [2.45, 2.75) is 38.3 Å². The summed E-state index contributed by atoms with van der Waals surface area (Å²) in [5, 5.41) is 11.6. The number of rotatable bonds is 7. The van der Waals surface area contributed by atoms with Crippen molar-refractivity contribution < 1.29 is 13.6 Å². The van der Waals surface area contributed by atoms with Crippen molar-refractivity contribution in [3.8, 4) is 0 Å². The zero-order chi connectivity index (χ0) is 20.5. The van der Waals surface area contributed by atoms with E-state index in [0.717, 1.165) is 18.4 Å². The van der Waals surface area contributed by atoms with Crippen LogP contribution < -0.4 is 5.32 Å². The number of anilines is 1. The molecular weight excluding hydrogens is 468 g/mol. The highest BCUT2D eigenvalue weighted by atomic mass is 79.9. The van der Waals surface area contributed by atoms with Gasteiger partial charge in [-0.15, -0.1) is 0 Å². The summed E-state index contributed by atoms with van der Waals surface area (Å²) in [5.41, 5.74) is 1.35. The quantitative estimate of drug-likeness (QED) is 0.513. The molecule has 0 saturated heterocycles. The van der Waals surface area contributed by atoms with Gasteiger partial charge in [-0.3, -0.25) is 14.2 Å². The van der Waals surface area contributed by atoms with E-state index in [1.807, 2.05) is 12.1 Å². The van der Waals surface area contributed by atoms with Crippen LogP contribution in [-0.2, 0) is 17.9 Å². The molecule has 0 spiro atoms. The van der Waals surface area contributed by atoms with E-state index in [-0.39, 0.29) is 24.1 Å². The predicted molar refractivity (Wildman–Crippen MR) is 108 cm³/mol. The van der Waals surface area contributed by atoms with E-state index in [0.29, 0.717) is 27.6 Å². The lowest BCUT2D eigenvalue weighted by Crippen LogP contribution is -2.21. The van der Waals surface area contributed by atoms with E-state index < -0.39 is 6.43 Å². The van der Waals surface area contributed by atoms with Gasteiger partial charge in [0.15, 0.2) is 5.82 Å². The summed E-state index contributed by atoms with van der Waals surface area (Å²) in [7, 11) is 0. The van der Waals surface area contributed by atoms with Crippen LogP contribution >= 0.6 is 27.5 Å². The number of halogens is 4. The lowest BCUT2D eigenvalue weighted by atomic mass is 10.2. The number of amides is 1. The fourth-order valence-electron chi connectivity index (χ4n) is 3.09. The van der Waals surface area contributed by atoms with E-state index in [1.165, 1.54) is 4.68 Å². The molecule has 1 aliphatic rings. The van der Waals surface area contributed by atoms with Crippen LogP contribution in [0.2, 0.25) is 5.02 Å². The van der Waals surface area contributed by atoms with Crippen molar-refractivity contribution >= 4 is 39.3 Å². The van der Waals surface area contributed by atoms with Gasteiger partial charge in [-0.1, -0.05) is 23.7 Å². The van der Waals surface area contributed by atoms with Gasteiger partial charge in [0.05, 0.1) is 16.7 Å². The monoisotopic (exact) mass is 483 g/mol. The number of carbonyl (C=O) groups is 1. The molecule has 10 heteroatoms. The molecule has 1 amide bonds. The molecular formula is C19H17BrClF2N5O. The molecule has 4 rings (SSSR count). The van der Waals surface area contributed by atoms with Gasteiger partial charge in [0.1, 0.15) is 12.2 Å². The molecule has 0 unspecified atom stereocenters. The highest BCUT2D eigenvalue weighted by molar-refractivity contribution is 9.10. The number of alkyl halides is 2. The maximum absolute atomic E-state index is 13.2. The summed E-state index contributed by atoms with van der Waals surface area (Å²) < 4.78 is 29.7. The molecule has 3 aromatic rings. The third kappa shape index (κ3) is 4.67. The van der Waals surface area contributed by atoms with Gasteiger partial charge in [-0.2, -0.15) is 10.2 Å². The molecule has 0 radical (unpaired) electrons. The molecule has 29 heavy (non-hydrogen) atoms. The smallest absolute Gasteiger partial charge is 0.283 e. The van der Waals surface area contributed by atoms with Crippen molar-refractivity contribution in [2.75, 3.05) is 5.32 Å². The van der Waals surface area contributed by atoms with Gasteiger partial charge >= 0.3 is 0 Å². The first-order chi connectivity index (χ1) is 13.9. The number of carbonyl (C=O) groups excluding carboxylic acids is 1. The minimum atomic E-state index is -2.70. The van der Waals surface area contributed by atoms with Gasteiger partial charge in [0.25, 0.3) is 6.43 Å². The Bertz CT molecular complexity index is 1030. The first-order valence-electron chi connectivity index (χ1n) is 9.02. The van der Waals surface area contributed by atoms with Gasteiger partial charge in [0, 0.05) is 23.2 Å². The van der Waals surface area contributed by atoms with Crippen LogP contribution in [0, 0.1) is 0 Å². The largest absolute Gasteiger partial charge is 0.308 e. The third-order valence-electron chi connectivity index (χ3n) is 4.59. The second-order valence-electron chi connectivity index (χ2n) is 6.89. The number of hydrogen-bond acceptors (Lipinski definition) is 3. The molecule has 0 bridgehead atoms. The summed E-state index contributed by atoms with van der Waals surface area (Å²) in [6, 6.07) is 9.09. The molecule has 1 N–H and O–H groups in total. The first-order valence-corrected chi connectivity index (χ1v) is 10.2. The van der Waals surface area contributed by atoms with E-state index >= 15 is 0 Å². The Labute approximate surface area is 179 Å². The maximum Gasteiger partial charge on any atom is 0.283 e. The van der Waals surface area contributed by atoms with Crippen molar-refractivity contribution in [1.82, 2.24) is 19.6 Å². The number of aromatic nitrogens is 4. The SMILES string of the molecule is O=C(Cn1nc(C(F)F)c(Br)c1C1CC1)Nc1ccn(Cc2ccc(Cl)cc2)n1. The van der Waals surface area contributed by atoms with Gasteiger partial charge < -0.3 is 5.32 Å². The average Bonchev–Trinajstić information content (AvgIpc) is 3.32. The highest BCUT2D eigenvalue weighted by Crippen LogP contribution is 2.45. The molecule has 6 nitrogen and oxygen atoms in total. The Hall–Kier alpha value is -2.26. The van der Waals surface area contributed by atoms with E-state index in [9.17, 15) is 13.6 Å². The lowest BCUT2D eigenvalue weighted by molar-refractivity contribution is -0.117. The third-order valence-corrected chi connectivity index (χ3v) is 5.65. The fourth-order valence-corrected chi connectivity index (χ4v) is 4.00. The number of hydrogen-bond donors (Lipinski definition) is 1. The van der Waals surface area contributed by atoms with Gasteiger partial charge in [-0.05, 0) is 46.5 Å². The van der Waals surface area contributed by atoms with Crippen LogP contribution in [0.5, 0.6) is 0 Å². The number of nitrogens with zero attached hydrogens (tertiary/aromatic N) is 4. The predicted octanol–water partition coefficient (Wildman–Crippen LogP) is 5.00. The van der Waals surface area contributed by atoms with Crippen LogP contribution in [0.1, 0.15) is 42.1 Å². The van der Waals surface area contributed by atoms with Crippen molar-refractivity contribution in [2.24, 2.45) is 0 Å². The zero-order valence-electron chi connectivity index (χ0n) is 15.2. The number of benzene rings is 1. The standard InChI is InChI=1S/C19H17BrClF2N5O/c20-16-17(19(22)23)26-28(18(16)12-3-4-12)10-15(29)24-14-7-8-27(25-14)9-11-1-5-13(21)6-2-11/h1-2,5-8,12,19H,3-4,9-10H2,(H,24,25,29). The Morgan fingerprint density at radius 2 is 1.97 bits per heavy atom. The summed E-state index contributed by atoms with van der Waals surface area (Å²) in [5.74, 6) is 0.174. The average molecular weight is 485 g/mol. The highest BCUT2D eigenvalue weighted by Gasteiger charge is 2.34.